The lowest BCUT2D eigenvalue weighted by Crippen LogP contribution is -1.82. The highest BCUT2D eigenvalue weighted by Gasteiger charge is 1.97. The molecule has 1 aromatic carbocycles. The number of hydrogen-bond donors (Lipinski definition) is 1. The first-order valence-electron chi connectivity index (χ1n) is 4.00. The van der Waals surface area contributed by atoms with Gasteiger partial charge in [0, 0.05) is 17.1 Å². The van der Waals surface area contributed by atoms with E-state index in [1.165, 1.54) is 0 Å². The van der Waals surface area contributed by atoms with Gasteiger partial charge in [0.1, 0.15) is 5.76 Å². The minimum Gasteiger partial charge on any atom is -0.508 e. The Morgan fingerprint density at radius 2 is 2.15 bits per heavy atom. The van der Waals surface area contributed by atoms with Crippen LogP contribution >= 0.6 is 0 Å². The van der Waals surface area contributed by atoms with Crippen LogP contribution in [-0.4, -0.2) is 10.1 Å². The van der Waals surface area contributed by atoms with Crippen LogP contribution in [0.3, 0.4) is 0 Å². The molecule has 0 aliphatic rings. The first-order valence-corrected chi connectivity index (χ1v) is 4.00. The Bertz CT molecular complexity index is 462. The molecule has 13 heavy (non-hydrogen) atoms. The van der Waals surface area contributed by atoms with Crippen LogP contribution in [0.2, 0.25) is 0 Å². The molecule has 0 unspecified atom stereocenters. The van der Waals surface area contributed by atoms with Crippen molar-refractivity contribution in [3.8, 4) is 0 Å². The maximum atomic E-state index is 9.17. The minimum absolute atomic E-state index is 0.0887. The average Bonchev–Trinajstić information content (AvgIpc) is 2.17. The molecule has 1 N–H and O–H groups in total. The summed E-state index contributed by atoms with van der Waals surface area (Å²) in [7, 11) is 0. The van der Waals surface area contributed by atoms with Gasteiger partial charge in [-0.15, -0.1) is 0 Å². The molecule has 0 bridgehead atoms. The summed E-state index contributed by atoms with van der Waals surface area (Å²) < 4.78 is 0. The Morgan fingerprint density at radius 1 is 1.31 bits per heavy atom. The molecule has 2 nitrogen and oxygen atoms in total. The van der Waals surface area contributed by atoms with E-state index in [0.717, 1.165) is 16.5 Å². The van der Waals surface area contributed by atoms with Gasteiger partial charge in [0.05, 0.1) is 5.52 Å². The predicted molar refractivity (Wildman–Crippen MR) is 53.4 cm³/mol. The number of rotatable bonds is 1. The summed E-state index contributed by atoms with van der Waals surface area (Å²) >= 11 is 0. The van der Waals surface area contributed by atoms with Crippen molar-refractivity contribution in [3.05, 3.63) is 48.7 Å². The zero-order chi connectivity index (χ0) is 9.26. The molecule has 2 rings (SSSR count). The van der Waals surface area contributed by atoms with E-state index in [9.17, 15) is 0 Å². The molecule has 0 saturated carbocycles. The van der Waals surface area contributed by atoms with Crippen molar-refractivity contribution >= 4 is 16.7 Å². The normalized spacial score (nSPS) is 10.2. The topological polar surface area (TPSA) is 33.1 Å². The molecule has 0 spiro atoms. The predicted octanol–water partition coefficient (Wildman–Crippen LogP) is 2.76. The number of nitrogens with zero attached hydrogens (tertiary/aromatic N) is 1. The van der Waals surface area contributed by atoms with E-state index in [1.54, 1.807) is 12.3 Å². The van der Waals surface area contributed by atoms with Crippen molar-refractivity contribution in [3.63, 3.8) is 0 Å². The number of hydrogen-bond acceptors (Lipinski definition) is 2. The Hall–Kier alpha value is -1.83. The van der Waals surface area contributed by atoms with Crippen molar-refractivity contribution < 1.29 is 5.11 Å². The third kappa shape index (κ3) is 1.38. The van der Waals surface area contributed by atoms with E-state index in [1.807, 2.05) is 24.3 Å². The first kappa shape index (κ1) is 7.80. The lowest BCUT2D eigenvalue weighted by atomic mass is 10.1. The van der Waals surface area contributed by atoms with Crippen molar-refractivity contribution in [1.29, 1.82) is 0 Å². The van der Waals surface area contributed by atoms with Gasteiger partial charge in [-0.1, -0.05) is 12.6 Å². The first-order chi connectivity index (χ1) is 6.27. The number of aromatic nitrogens is 1. The van der Waals surface area contributed by atoms with Crippen molar-refractivity contribution in [1.82, 2.24) is 4.98 Å². The molecule has 0 amide bonds. The highest BCUT2D eigenvalue weighted by atomic mass is 16.3. The fourth-order valence-corrected chi connectivity index (χ4v) is 1.26. The lowest BCUT2D eigenvalue weighted by molar-refractivity contribution is 0.514. The van der Waals surface area contributed by atoms with Gasteiger partial charge in [-0.05, 0) is 24.3 Å². The summed E-state index contributed by atoms with van der Waals surface area (Å²) in [6.45, 7) is 3.47. The second-order valence-electron chi connectivity index (χ2n) is 2.86. The molecule has 2 heteroatoms. The van der Waals surface area contributed by atoms with E-state index >= 15 is 0 Å². The monoisotopic (exact) mass is 171 g/mol. The maximum absolute atomic E-state index is 9.17. The van der Waals surface area contributed by atoms with E-state index in [-0.39, 0.29) is 5.76 Å². The van der Waals surface area contributed by atoms with Gasteiger partial charge in [0.15, 0.2) is 0 Å². The highest BCUT2D eigenvalue weighted by molar-refractivity contribution is 5.81. The SMILES string of the molecule is C=C(O)c1ccc2ncccc2c1. The molecular weight excluding hydrogens is 162 g/mol. The molecule has 1 heterocycles. The lowest BCUT2D eigenvalue weighted by Gasteiger charge is -2.00. The molecule has 0 saturated heterocycles. The van der Waals surface area contributed by atoms with Crippen LogP contribution in [0.15, 0.2) is 43.1 Å². The third-order valence-electron chi connectivity index (χ3n) is 1.94. The van der Waals surface area contributed by atoms with Gasteiger partial charge in [0.25, 0.3) is 0 Å². The van der Waals surface area contributed by atoms with Crippen LogP contribution < -0.4 is 0 Å². The van der Waals surface area contributed by atoms with E-state index in [0.29, 0.717) is 0 Å². The smallest absolute Gasteiger partial charge is 0.115 e. The Balaban J connectivity index is 2.69. The molecule has 0 aliphatic heterocycles. The summed E-state index contributed by atoms with van der Waals surface area (Å²) in [5.74, 6) is 0.0887. The van der Waals surface area contributed by atoms with Crippen molar-refractivity contribution in [2.45, 2.75) is 0 Å². The number of aliphatic hydroxyl groups is 1. The number of aliphatic hydroxyl groups excluding tert-OH is 1. The van der Waals surface area contributed by atoms with Crippen LogP contribution in [0.5, 0.6) is 0 Å². The van der Waals surface area contributed by atoms with Gasteiger partial charge in [0.2, 0.25) is 0 Å². The van der Waals surface area contributed by atoms with Crippen LogP contribution in [-0.2, 0) is 0 Å². The zero-order valence-corrected chi connectivity index (χ0v) is 7.07. The zero-order valence-electron chi connectivity index (χ0n) is 7.07. The second-order valence-corrected chi connectivity index (χ2v) is 2.86. The molecule has 2 aromatic rings. The average molecular weight is 171 g/mol. The Kier molecular flexibility index (Phi) is 1.74. The van der Waals surface area contributed by atoms with Crippen molar-refractivity contribution in [2.24, 2.45) is 0 Å². The summed E-state index contributed by atoms with van der Waals surface area (Å²) in [6, 6.07) is 9.36. The Morgan fingerprint density at radius 3 is 2.92 bits per heavy atom. The van der Waals surface area contributed by atoms with Gasteiger partial charge < -0.3 is 5.11 Å². The highest BCUT2D eigenvalue weighted by Crippen LogP contribution is 2.16. The third-order valence-corrected chi connectivity index (χ3v) is 1.94. The quantitative estimate of drug-likeness (QED) is 0.669. The molecule has 0 fully saturated rings. The van der Waals surface area contributed by atoms with Gasteiger partial charge in [-0.25, -0.2) is 0 Å². The van der Waals surface area contributed by atoms with E-state index in [4.69, 9.17) is 5.11 Å². The van der Waals surface area contributed by atoms with Crippen LogP contribution in [0.1, 0.15) is 5.56 Å². The summed E-state index contributed by atoms with van der Waals surface area (Å²) in [5, 5.41) is 10.2. The van der Waals surface area contributed by atoms with Gasteiger partial charge in [-0.3, -0.25) is 4.98 Å². The molecule has 64 valence electrons. The largest absolute Gasteiger partial charge is 0.508 e. The molecule has 0 aliphatic carbocycles. The number of benzene rings is 1. The fourth-order valence-electron chi connectivity index (χ4n) is 1.26. The van der Waals surface area contributed by atoms with Crippen LogP contribution in [0, 0.1) is 0 Å². The Labute approximate surface area is 76.2 Å². The summed E-state index contributed by atoms with van der Waals surface area (Å²) in [5.41, 5.74) is 1.66. The number of fused-ring (bicyclic) bond motifs is 1. The fraction of sp³-hybridized carbons (Fsp3) is 0. The molecule has 0 atom stereocenters. The maximum Gasteiger partial charge on any atom is 0.115 e. The van der Waals surface area contributed by atoms with E-state index < -0.39 is 0 Å². The molecule has 0 radical (unpaired) electrons. The van der Waals surface area contributed by atoms with Crippen molar-refractivity contribution in [2.75, 3.05) is 0 Å². The second kappa shape index (κ2) is 2.90. The van der Waals surface area contributed by atoms with E-state index in [2.05, 4.69) is 11.6 Å². The summed E-state index contributed by atoms with van der Waals surface area (Å²) in [4.78, 5) is 4.17. The molecular formula is C11H9NO. The van der Waals surface area contributed by atoms with Crippen LogP contribution in [0.25, 0.3) is 16.7 Å². The minimum atomic E-state index is 0.0887. The summed E-state index contributed by atoms with van der Waals surface area (Å²) in [6.07, 6.45) is 1.75. The van der Waals surface area contributed by atoms with Crippen LogP contribution in [0.4, 0.5) is 0 Å². The van der Waals surface area contributed by atoms with Gasteiger partial charge in [-0.2, -0.15) is 0 Å². The number of pyridine rings is 1. The van der Waals surface area contributed by atoms with Gasteiger partial charge >= 0.3 is 0 Å². The molecule has 1 aromatic heterocycles. The standard InChI is InChI=1S/C11H9NO/c1-8(13)9-4-5-11-10(7-9)3-2-6-12-11/h2-7,13H,1H2.